The van der Waals surface area contributed by atoms with Gasteiger partial charge in [-0.2, -0.15) is 0 Å². The Balaban J connectivity index is 2.24. The number of anilines is 1. The fraction of sp³-hybridized carbons (Fsp3) is 0.706. The molecule has 2 N–H and O–H groups in total. The molecule has 0 aliphatic heterocycles. The number of hydrogen-bond donors (Lipinski definition) is 1. The lowest BCUT2D eigenvalue weighted by Gasteiger charge is -2.35. The maximum Gasteiger partial charge on any atom is 0.129 e. The van der Waals surface area contributed by atoms with Crippen molar-refractivity contribution in [2.75, 3.05) is 11.4 Å². The Morgan fingerprint density at radius 3 is 2.55 bits per heavy atom. The van der Waals surface area contributed by atoms with E-state index in [9.17, 15) is 0 Å². The van der Waals surface area contributed by atoms with Gasteiger partial charge in [0.1, 0.15) is 5.82 Å². The van der Waals surface area contributed by atoms with Gasteiger partial charge in [-0.3, -0.25) is 0 Å². The van der Waals surface area contributed by atoms with Crippen molar-refractivity contribution >= 4 is 5.82 Å². The smallest absolute Gasteiger partial charge is 0.129 e. The first-order chi connectivity index (χ1) is 9.78. The first-order valence-corrected chi connectivity index (χ1v) is 8.25. The maximum atomic E-state index is 5.86. The van der Waals surface area contributed by atoms with Crippen LogP contribution >= 0.6 is 0 Å². The fourth-order valence-electron chi connectivity index (χ4n) is 3.28. The number of pyridine rings is 1. The quantitative estimate of drug-likeness (QED) is 0.861. The Kier molecular flexibility index (Phi) is 5.84. The standard InChI is InChI=1S/C17H29N3/c1-3-8-15-11-14(13-18)12-17(19-15)20(4-2)16-9-6-5-7-10-16/h11-12,16H,3-10,13,18H2,1-2H3. The molecule has 1 saturated carbocycles. The third-order valence-electron chi connectivity index (χ3n) is 4.32. The zero-order valence-electron chi connectivity index (χ0n) is 13.1. The zero-order chi connectivity index (χ0) is 14.4. The highest BCUT2D eigenvalue weighted by atomic mass is 15.2. The van der Waals surface area contributed by atoms with E-state index >= 15 is 0 Å². The molecule has 0 radical (unpaired) electrons. The lowest BCUT2D eigenvalue weighted by Crippen LogP contribution is -2.37. The van der Waals surface area contributed by atoms with E-state index in [0.29, 0.717) is 12.6 Å². The Morgan fingerprint density at radius 1 is 1.20 bits per heavy atom. The van der Waals surface area contributed by atoms with Crippen molar-refractivity contribution in [2.24, 2.45) is 5.73 Å². The zero-order valence-corrected chi connectivity index (χ0v) is 13.1. The number of nitrogens with two attached hydrogens (primary N) is 1. The van der Waals surface area contributed by atoms with Crippen molar-refractivity contribution in [3.63, 3.8) is 0 Å². The van der Waals surface area contributed by atoms with Gasteiger partial charge in [-0.25, -0.2) is 4.98 Å². The molecular formula is C17H29N3. The average molecular weight is 275 g/mol. The fourth-order valence-corrected chi connectivity index (χ4v) is 3.28. The van der Waals surface area contributed by atoms with Gasteiger partial charge in [-0.1, -0.05) is 32.6 Å². The van der Waals surface area contributed by atoms with Crippen LogP contribution in [0.4, 0.5) is 5.82 Å². The van der Waals surface area contributed by atoms with Crippen LogP contribution < -0.4 is 10.6 Å². The summed E-state index contributed by atoms with van der Waals surface area (Å²) in [5.74, 6) is 1.14. The topological polar surface area (TPSA) is 42.1 Å². The second-order valence-corrected chi connectivity index (χ2v) is 5.86. The van der Waals surface area contributed by atoms with Gasteiger partial charge in [0.2, 0.25) is 0 Å². The van der Waals surface area contributed by atoms with Crippen LogP contribution in [-0.2, 0) is 13.0 Å². The third kappa shape index (κ3) is 3.72. The highest BCUT2D eigenvalue weighted by Gasteiger charge is 2.21. The molecule has 1 heterocycles. The van der Waals surface area contributed by atoms with Crippen LogP contribution in [0, 0.1) is 0 Å². The lowest BCUT2D eigenvalue weighted by molar-refractivity contribution is 0.416. The number of nitrogens with zero attached hydrogens (tertiary/aromatic N) is 2. The SMILES string of the molecule is CCCc1cc(CN)cc(N(CC)C2CCCCC2)n1. The van der Waals surface area contributed by atoms with Gasteiger partial charge < -0.3 is 10.6 Å². The van der Waals surface area contributed by atoms with Gasteiger partial charge >= 0.3 is 0 Å². The van der Waals surface area contributed by atoms with E-state index in [1.165, 1.54) is 43.4 Å². The molecule has 3 heteroatoms. The van der Waals surface area contributed by atoms with Crippen LogP contribution in [0.25, 0.3) is 0 Å². The van der Waals surface area contributed by atoms with Crippen LogP contribution in [-0.4, -0.2) is 17.6 Å². The van der Waals surface area contributed by atoms with E-state index in [1.54, 1.807) is 0 Å². The van der Waals surface area contributed by atoms with Crippen molar-refractivity contribution < 1.29 is 0 Å². The molecule has 1 aromatic heterocycles. The molecule has 0 bridgehead atoms. The predicted octanol–water partition coefficient (Wildman–Crippen LogP) is 3.65. The molecule has 2 rings (SSSR count). The summed E-state index contributed by atoms with van der Waals surface area (Å²) in [5.41, 5.74) is 8.27. The second kappa shape index (κ2) is 7.63. The molecule has 0 spiro atoms. The summed E-state index contributed by atoms with van der Waals surface area (Å²) in [4.78, 5) is 7.39. The van der Waals surface area contributed by atoms with E-state index in [0.717, 1.165) is 25.2 Å². The van der Waals surface area contributed by atoms with Crippen LogP contribution in [0.15, 0.2) is 12.1 Å². The van der Waals surface area contributed by atoms with E-state index in [2.05, 4.69) is 30.9 Å². The summed E-state index contributed by atoms with van der Waals surface area (Å²) in [7, 11) is 0. The van der Waals surface area contributed by atoms with Gasteiger partial charge in [-0.15, -0.1) is 0 Å². The summed E-state index contributed by atoms with van der Waals surface area (Å²) >= 11 is 0. The molecule has 0 aromatic carbocycles. The summed E-state index contributed by atoms with van der Waals surface area (Å²) in [5, 5.41) is 0. The summed E-state index contributed by atoms with van der Waals surface area (Å²) in [6, 6.07) is 5.03. The van der Waals surface area contributed by atoms with Gasteiger partial charge in [0.15, 0.2) is 0 Å². The summed E-state index contributed by atoms with van der Waals surface area (Å²) in [6.07, 6.45) is 8.92. The minimum atomic E-state index is 0.606. The molecule has 0 amide bonds. The minimum absolute atomic E-state index is 0.606. The molecule has 0 saturated heterocycles. The first-order valence-electron chi connectivity index (χ1n) is 8.25. The predicted molar refractivity (Wildman–Crippen MR) is 86.0 cm³/mol. The summed E-state index contributed by atoms with van der Waals surface area (Å²) < 4.78 is 0. The van der Waals surface area contributed by atoms with Crippen LogP contribution in [0.2, 0.25) is 0 Å². The van der Waals surface area contributed by atoms with Gasteiger partial charge in [0.25, 0.3) is 0 Å². The van der Waals surface area contributed by atoms with Crippen molar-refractivity contribution in [2.45, 2.75) is 71.4 Å². The Bertz CT molecular complexity index is 411. The van der Waals surface area contributed by atoms with Gasteiger partial charge in [0.05, 0.1) is 0 Å². The molecule has 3 nitrogen and oxygen atoms in total. The number of aromatic nitrogens is 1. The Hall–Kier alpha value is -1.09. The minimum Gasteiger partial charge on any atom is -0.354 e. The molecule has 0 atom stereocenters. The van der Waals surface area contributed by atoms with E-state index in [-0.39, 0.29) is 0 Å². The molecule has 1 aliphatic carbocycles. The van der Waals surface area contributed by atoms with Crippen LogP contribution in [0.1, 0.15) is 63.6 Å². The molecule has 1 aromatic rings. The third-order valence-corrected chi connectivity index (χ3v) is 4.32. The van der Waals surface area contributed by atoms with Crippen molar-refractivity contribution in [3.05, 3.63) is 23.4 Å². The Labute approximate surface area is 123 Å². The second-order valence-electron chi connectivity index (χ2n) is 5.86. The van der Waals surface area contributed by atoms with Gasteiger partial charge in [-0.05, 0) is 43.9 Å². The largest absolute Gasteiger partial charge is 0.354 e. The number of hydrogen-bond acceptors (Lipinski definition) is 3. The number of rotatable bonds is 6. The highest BCUT2D eigenvalue weighted by molar-refractivity contribution is 5.44. The first kappa shape index (κ1) is 15.3. The van der Waals surface area contributed by atoms with E-state index < -0.39 is 0 Å². The normalized spacial score (nSPS) is 16.4. The summed E-state index contributed by atoms with van der Waals surface area (Å²) in [6.45, 7) is 6.09. The molecule has 1 aliphatic rings. The molecular weight excluding hydrogens is 246 g/mol. The highest BCUT2D eigenvalue weighted by Crippen LogP contribution is 2.27. The van der Waals surface area contributed by atoms with Crippen molar-refractivity contribution in [1.29, 1.82) is 0 Å². The van der Waals surface area contributed by atoms with Crippen molar-refractivity contribution in [1.82, 2.24) is 4.98 Å². The van der Waals surface area contributed by atoms with Crippen LogP contribution in [0.3, 0.4) is 0 Å². The monoisotopic (exact) mass is 275 g/mol. The van der Waals surface area contributed by atoms with Crippen LogP contribution in [0.5, 0.6) is 0 Å². The van der Waals surface area contributed by atoms with E-state index in [4.69, 9.17) is 10.7 Å². The molecule has 1 fully saturated rings. The van der Waals surface area contributed by atoms with E-state index in [1.807, 2.05) is 0 Å². The molecule has 20 heavy (non-hydrogen) atoms. The molecule has 0 unspecified atom stereocenters. The Morgan fingerprint density at radius 2 is 1.95 bits per heavy atom. The van der Waals surface area contributed by atoms with Gasteiger partial charge in [0, 0.05) is 24.8 Å². The lowest BCUT2D eigenvalue weighted by atomic mass is 9.94. The maximum absolute atomic E-state index is 5.86. The average Bonchev–Trinajstić information content (AvgIpc) is 2.49. The van der Waals surface area contributed by atoms with Crippen molar-refractivity contribution in [3.8, 4) is 0 Å². The molecule has 112 valence electrons. The number of aryl methyl sites for hydroxylation is 1.